The Bertz CT molecular complexity index is 410. The second kappa shape index (κ2) is 8.02. The molecule has 0 aromatic heterocycles. The van der Waals surface area contributed by atoms with Gasteiger partial charge in [-0.2, -0.15) is 0 Å². The first-order valence-electron chi connectivity index (χ1n) is 6.16. The van der Waals surface area contributed by atoms with Crippen molar-refractivity contribution in [2.24, 2.45) is 11.7 Å². The molecule has 1 rings (SSSR count). The zero-order valence-corrected chi connectivity index (χ0v) is 12.7. The lowest BCUT2D eigenvalue weighted by atomic mass is 10.0. The Morgan fingerprint density at radius 2 is 1.84 bits per heavy atom. The van der Waals surface area contributed by atoms with Crippen LogP contribution in [-0.2, 0) is 4.79 Å². The molecule has 0 saturated carbocycles. The molecule has 1 aromatic rings. The van der Waals surface area contributed by atoms with E-state index >= 15 is 0 Å². The van der Waals surface area contributed by atoms with Crippen LogP contribution in [0.5, 0.6) is 5.75 Å². The van der Waals surface area contributed by atoms with E-state index in [1.165, 1.54) is 0 Å². The van der Waals surface area contributed by atoms with Crippen molar-refractivity contribution >= 4 is 18.3 Å². The summed E-state index contributed by atoms with van der Waals surface area (Å²) in [4.78, 5) is 11.9. The van der Waals surface area contributed by atoms with Crippen LogP contribution in [0.4, 0.5) is 0 Å². The van der Waals surface area contributed by atoms with E-state index in [0.29, 0.717) is 0 Å². The van der Waals surface area contributed by atoms with Gasteiger partial charge in [-0.15, -0.1) is 12.4 Å². The smallest absolute Gasteiger partial charge is 0.237 e. The SMILES string of the molecule is COc1ccccc1C(C)NC(=O)[C@H](N)C(C)C.Cl. The number of rotatable bonds is 5. The lowest BCUT2D eigenvalue weighted by Crippen LogP contribution is -2.44. The van der Waals surface area contributed by atoms with Gasteiger partial charge in [-0.1, -0.05) is 32.0 Å². The molecule has 0 aliphatic carbocycles. The molecule has 0 heterocycles. The average Bonchev–Trinajstić information content (AvgIpc) is 2.37. The normalized spacial score (nSPS) is 13.4. The monoisotopic (exact) mass is 286 g/mol. The number of hydrogen-bond donors (Lipinski definition) is 2. The number of halogens is 1. The van der Waals surface area contributed by atoms with Gasteiger partial charge in [-0.3, -0.25) is 4.79 Å². The van der Waals surface area contributed by atoms with Crippen molar-refractivity contribution in [2.75, 3.05) is 7.11 Å². The summed E-state index contributed by atoms with van der Waals surface area (Å²) in [5.41, 5.74) is 6.76. The number of nitrogens with one attached hydrogen (secondary N) is 1. The maximum Gasteiger partial charge on any atom is 0.237 e. The lowest BCUT2D eigenvalue weighted by molar-refractivity contribution is -0.123. The Balaban J connectivity index is 0.00000324. The fourth-order valence-electron chi connectivity index (χ4n) is 1.71. The molecule has 0 fully saturated rings. The Morgan fingerprint density at radius 3 is 2.37 bits per heavy atom. The molecule has 0 saturated heterocycles. The molecule has 108 valence electrons. The Hall–Kier alpha value is -1.26. The van der Waals surface area contributed by atoms with Crippen LogP contribution in [0.25, 0.3) is 0 Å². The molecule has 3 N–H and O–H groups in total. The van der Waals surface area contributed by atoms with Crippen molar-refractivity contribution in [3.63, 3.8) is 0 Å². The van der Waals surface area contributed by atoms with E-state index in [1.54, 1.807) is 7.11 Å². The van der Waals surface area contributed by atoms with Crippen LogP contribution in [0.2, 0.25) is 0 Å². The van der Waals surface area contributed by atoms with Crippen LogP contribution in [0.1, 0.15) is 32.4 Å². The zero-order chi connectivity index (χ0) is 13.7. The lowest BCUT2D eigenvalue weighted by Gasteiger charge is -2.21. The maximum absolute atomic E-state index is 11.9. The molecule has 4 nitrogen and oxygen atoms in total. The number of hydrogen-bond acceptors (Lipinski definition) is 3. The quantitative estimate of drug-likeness (QED) is 0.873. The van der Waals surface area contributed by atoms with Crippen molar-refractivity contribution in [2.45, 2.75) is 32.9 Å². The highest BCUT2D eigenvalue weighted by Gasteiger charge is 2.20. The topological polar surface area (TPSA) is 64.3 Å². The maximum atomic E-state index is 11.9. The first kappa shape index (κ1) is 17.7. The van der Waals surface area contributed by atoms with Crippen LogP contribution in [-0.4, -0.2) is 19.1 Å². The second-order valence-electron chi connectivity index (χ2n) is 4.74. The van der Waals surface area contributed by atoms with Gasteiger partial charge in [0.05, 0.1) is 19.2 Å². The van der Waals surface area contributed by atoms with Crippen LogP contribution in [0, 0.1) is 5.92 Å². The Kier molecular flexibility index (Phi) is 7.49. The number of amides is 1. The summed E-state index contributed by atoms with van der Waals surface area (Å²) in [6, 6.07) is 7.02. The van der Waals surface area contributed by atoms with E-state index in [4.69, 9.17) is 10.5 Å². The zero-order valence-electron chi connectivity index (χ0n) is 11.8. The summed E-state index contributed by atoms with van der Waals surface area (Å²) >= 11 is 0. The Morgan fingerprint density at radius 1 is 1.26 bits per heavy atom. The van der Waals surface area contributed by atoms with Gasteiger partial charge in [-0.25, -0.2) is 0 Å². The number of nitrogens with two attached hydrogens (primary N) is 1. The van der Waals surface area contributed by atoms with Crippen molar-refractivity contribution in [1.29, 1.82) is 0 Å². The van der Waals surface area contributed by atoms with E-state index < -0.39 is 6.04 Å². The summed E-state index contributed by atoms with van der Waals surface area (Å²) < 4.78 is 5.27. The standard InChI is InChI=1S/C14H22N2O2.ClH/c1-9(2)13(15)14(17)16-10(3)11-7-5-6-8-12(11)18-4;/h5-10,13H,15H2,1-4H3,(H,16,17);1H/t10?,13-;/m1./s1. The first-order valence-corrected chi connectivity index (χ1v) is 6.16. The molecule has 1 unspecified atom stereocenters. The third-order valence-corrected chi connectivity index (χ3v) is 2.99. The van der Waals surface area contributed by atoms with Gasteiger partial charge >= 0.3 is 0 Å². The minimum absolute atomic E-state index is 0. The van der Waals surface area contributed by atoms with E-state index in [-0.39, 0.29) is 30.3 Å². The predicted molar refractivity (Wildman–Crippen MR) is 79.6 cm³/mol. The molecular formula is C14H23ClN2O2. The van der Waals surface area contributed by atoms with Gasteiger partial charge in [-0.05, 0) is 18.9 Å². The van der Waals surface area contributed by atoms with E-state index in [0.717, 1.165) is 11.3 Å². The Labute approximate surface area is 121 Å². The van der Waals surface area contributed by atoms with Crippen LogP contribution in [0.3, 0.4) is 0 Å². The number of carbonyl (C=O) groups excluding carboxylic acids is 1. The molecule has 1 amide bonds. The van der Waals surface area contributed by atoms with Crippen LogP contribution < -0.4 is 15.8 Å². The molecular weight excluding hydrogens is 264 g/mol. The second-order valence-corrected chi connectivity index (χ2v) is 4.74. The van der Waals surface area contributed by atoms with Gasteiger partial charge in [0, 0.05) is 5.56 Å². The number of methoxy groups -OCH3 is 1. The highest BCUT2D eigenvalue weighted by Crippen LogP contribution is 2.24. The van der Waals surface area contributed by atoms with Gasteiger partial charge in [0.25, 0.3) is 0 Å². The van der Waals surface area contributed by atoms with E-state index in [2.05, 4.69) is 5.32 Å². The van der Waals surface area contributed by atoms with Gasteiger partial charge < -0.3 is 15.8 Å². The van der Waals surface area contributed by atoms with Crippen LogP contribution in [0.15, 0.2) is 24.3 Å². The molecule has 0 radical (unpaired) electrons. The minimum atomic E-state index is -0.484. The summed E-state index contributed by atoms with van der Waals surface area (Å²) in [5.74, 6) is 0.752. The predicted octanol–water partition coefficient (Wildman–Crippen LogP) is 2.28. The van der Waals surface area contributed by atoms with Gasteiger partial charge in [0.1, 0.15) is 5.75 Å². The summed E-state index contributed by atoms with van der Waals surface area (Å²) in [7, 11) is 1.62. The van der Waals surface area contributed by atoms with Gasteiger partial charge in [0.15, 0.2) is 0 Å². The van der Waals surface area contributed by atoms with Crippen molar-refractivity contribution in [3.05, 3.63) is 29.8 Å². The van der Waals surface area contributed by atoms with E-state index in [9.17, 15) is 4.79 Å². The third kappa shape index (κ3) is 4.73. The number of para-hydroxylation sites is 1. The van der Waals surface area contributed by atoms with Gasteiger partial charge in [0.2, 0.25) is 5.91 Å². The molecule has 19 heavy (non-hydrogen) atoms. The third-order valence-electron chi connectivity index (χ3n) is 2.99. The van der Waals surface area contributed by atoms with E-state index in [1.807, 2.05) is 45.0 Å². The molecule has 0 aliphatic rings. The molecule has 1 aromatic carbocycles. The molecule has 2 atom stereocenters. The molecule has 0 spiro atoms. The largest absolute Gasteiger partial charge is 0.496 e. The van der Waals surface area contributed by atoms with Crippen molar-refractivity contribution in [1.82, 2.24) is 5.32 Å². The highest BCUT2D eigenvalue weighted by molar-refractivity contribution is 5.85. The summed E-state index contributed by atoms with van der Waals surface area (Å²) in [5, 5.41) is 2.91. The number of ether oxygens (including phenoxy) is 1. The number of carbonyl (C=O) groups is 1. The highest BCUT2D eigenvalue weighted by atomic mass is 35.5. The average molecular weight is 287 g/mol. The summed E-state index contributed by atoms with van der Waals surface area (Å²) in [6.07, 6.45) is 0. The molecule has 0 bridgehead atoms. The molecule has 5 heteroatoms. The van der Waals surface area contributed by atoms with Crippen molar-refractivity contribution in [3.8, 4) is 5.75 Å². The van der Waals surface area contributed by atoms with Crippen molar-refractivity contribution < 1.29 is 9.53 Å². The fraction of sp³-hybridized carbons (Fsp3) is 0.500. The number of benzene rings is 1. The van der Waals surface area contributed by atoms with Crippen LogP contribution >= 0.6 is 12.4 Å². The fourth-order valence-corrected chi connectivity index (χ4v) is 1.71. The summed E-state index contributed by atoms with van der Waals surface area (Å²) in [6.45, 7) is 5.78. The minimum Gasteiger partial charge on any atom is -0.496 e. The first-order chi connectivity index (χ1) is 8.47. The molecule has 0 aliphatic heterocycles.